The lowest BCUT2D eigenvalue weighted by Crippen LogP contribution is -2.36. The summed E-state index contributed by atoms with van der Waals surface area (Å²) in [4.78, 5) is 11.6. The second-order valence-electron chi connectivity index (χ2n) is 6.75. The zero-order chi connectivity index (χ0) is 18.9. The van der Waals surface area contributed by atoms with Gasteiger partial charge in [0.15, 0.2) is 5.65 Å². The summed E-state index contributed by atoms with van der Waals surface area (Å²) in [5.74, 6) is 0.975. The van der Waals surface area contributed by atoms with Gasteiger partial charge in [0.2, 0.25) is 0 Å². The quantitative estimate of drug-likeness (QED) is 0.469. The highest BCUT2D eigenvalue weighted by atomic mass is 79.9. The van der Waals surface area contributed by atoms with Gasteiger partial charge in [0.1, 0.15) is 12.1 Å². The zero-order valence-electron chi connectivity index (χ0n) is 15.3. The molecule has 1 aliphatic rings. The molecule has 5 nitrogen and oxygen atoms in total. The van der Waals surface area contributed by atoms with Crippen molar-refractivity contribution in [2.75, 3.05) is 31.2 Å². The maximum Gasteiger partial charge on any atom is 0.150 e. The maximum absolute atomic E-state index is 5.54. The predicted molar refractivity (Wildman–Crippen MR) is 115 cm³/mol. The third-order valence-corrected chi connectivity index (χ3v) is 5.59. The monoisotopic (exact) mass is 434 g/mol. The summed E-state index contributed by atoms with van der Waals surface area (Å²) in [6.07, 6.45) is 3.83. The molecule has 6 heteroatoms. The number of fused-ring (bicyclic) bond motifs is 1. The van der Waals surface area contributed by atoms with Crippen molar-refractivity contribution in [2.45, 2.75) is 0 Å². The van der Waals surface area contributed by atoms with Crippen molar-refractivity contribution in [3.05, 3.63) is 71.6 Å². The van der Waals surface area contributed by atoms with Crippen molar-refractivity contribution in [1.82, 2.24) is 14.5 Å². The maximum atomic E-state index is 5.54. The number of hydrogen-bond acceptors (Lipinski definition) is 4. The lowest BCUT2D eigenvalue weighted by atomic mass is 10.1. The number of ether oxygens (including phenoxy) is 1. The van der Waals surface area contributed by atoms with Crippen LogP contribution in [-0.4, -0.2) is 40.8 Å². The number of morpholine rings is 1. The van der Waals surface area contributed by atoms with Crippen LogP contribution in [0.2, 0.25) is 0 Å². The van der Waals surface area contributed by atoms with Crippen LogP contribution in [0, 0.1) is 0 Å². The van der Waals surface area contributed by atoms with E-state index >= 15 is 0 Å². The summed E-state index contributed by atoms with van der Waals surface area (Å²) in [7, 11) is 0. The van der Waals surface area contributed by atoms with Crippen LogP contribution < -0.4 is 4.90 Å². The standard InChI is InChI=1S/C22H19BrN4O/c23-17-6-8-18(9-7-17)27-14-19(16-4-2-1-3-5-16)20-21(24-15-25-22(20)27)26-10-12-28-13-11-26/h1-9,14-15H,10-13H2. The van der Waals surface area contributed by atoms with Crippen LogP contribution in [0.25, 0.3) is 27.8 Å². The van der Waals surface area contributed by atoms with E-state index < -0.39 is 0 Å². The summed E-state index contributed by atoms with van der Waals surface area (Å²) >= 11 is 3.52. The van der Waals surface area contributed by atoms with Gasteiger partial charge in [-0.3, -0.25) is 0 Å². The van der Waals surface area contributed by atoms with Gasteiger partial charge in [-0.2, -0.15) is 0 Å². The van der Waals surface area contributed by atoms with Crippen LogP contribution >= 0.6 is 15.9 Å². The molecule has 1 fully saturated rings. The summed E-state index contributed by atoms with van der Waals surface area (Å²) in [5, 5.41) is 1.08. The largest absolute Gasteiger partial charge is 0.378 e. The highest BCUT2D eigenvalue weighted by Gasteiger charge is 2.22. The van der Waals surface area contributed by atoms with Gasteiger partial charge >= 0.3 is 0 Å². The fourth-order valence-electron chi connectivity index (χ4n) is 3.70. The molecule has 0 radical (unpaired) electrons. The minimum absolute atomic E-state index is 0.722. The summed E-state index contributed by atoms with van der Waals surface area (Å²) < 4.78 is 8.74. The third-order valence-electron chi connectivity index (χ3n) is 5.06. The van der Waals surface area contributed by atoms with Crippen molar-refractivity contribution >= 4 is 32.8 Å². The molecule has 0 unspecified atom stereocenters. The molecular weight excluding hydrogens is 416 g/mol. The van der Waals surface area contributed by atoms with Gasteiger partial charge in [0.25, 0.3) is 0 Å². The topological polar surface area (TPSA) is 43.2 Å². The van der Waals surface area contributed by atoms with E-state index in [4.69, 9.17) is 4.74 Å². The van der Waals surface area contributed by atoms with Crippen molar-refractivity contribution in [1.29, 1.82) is 0 Å². The Bertz CT molecular complexity index is 1100. The number of rotatable bonds is 3. The van der Waals surface area contributed by atoms with Gasteiger partial charge in [-0.15, -0.1) is 0 Å². The van der Waals surface area contributed by atoms with Crippen LogP contribution in [0.5, 0.6) is 0 Å². The lowest BCUT2D eigenvalue weighted by Gasteiger charge is -2.28. The molecule has 1 aliphatic heterocycles. The lowest BCUT2D eigenvalue weighted by molar-refractivity contribution is 0.122. The average Bonchev–Trinajstić information content (AvgIpc) is 3.15. The SMILES string of the molecule is Brc1ccc(-n2cc(-c3ccccc3)c3c(N4CCOCC4)ncnc32)cc1. The smallest absolute Gasteiger partial charge is 0.150 e. The van der Waals surface area contributed by atoms with Crippen molar-refractivity contribution in [3.63, 3.8) is 0 Å². The fraction of sp³-hybridized carbons (Fsp3) is 0.182. The van der Waals surface area contributed by atoms with E-state index in [1.807, 2.05) is 18.2 Å². The Morgan fingerprint density at radius 2 is 1.64 bits per heavy atom. The van der Waals surface area contributed by atoms with Crippen molar-refractivity contribution in [2.24, 2.45) is 0 Å². The Balaban J connectivity index is 1.77. The van der Waals surface area contributed by atoms with Crippen LogP contribution in [0.3, 0.4) is 0 Å². The molecule has 0 N–H and O–H groups in total. The number of hydrogen-bond donors (Lipinski definition) is 0. The number of aromatic nitrogens is 3. The van der Waals surface area contributed by atoms with Crippen molar-refractivity contribution < 1.29 is 4.74 Å². The Kier molecular flexibility index (Phi) is 4.58. The molecule has 0 amide bonds. The molecule has 0 atom stereocenters. The number of halogens is 1. The van der Waals surface area contributed by atoms with Gasteiger partial charge in [-0.1, -0.05) is 46.3 Å². The molecule has 140 valence electrons. The zero-order valence-corrected chi connectivity index (χ0v) is 16.8. The minimum atomic E-state index is 0.722. The van der Waals surface area contributed by atoms with E-state index in [1.165, 1.54) is 0 Å². The molecule has 0 spiro atoms. The summed E-state index contributed by atoms with van der Waals surface area (Å²) in [6.45, 7) is 3.12. The molecule has 2 aromatic carbocycles. The third kappa shape index (κ3) is 3.08. The predicted octanol–water partition coefficient (Wildman–Crippen LogP) is 4.69. The number of anilines is 1. The van der Waals surface area contributed by atoms with E-state index in [2.05, 4.69) is 78.0 Å². The molecule has 0 bridgehead atoms. The number of nitrogens with zero attached hydrogens (tertiary/aromatic N) is 4. The Hall–Kier alpha value is -2.70. The first-order valence-corrected chi connectivity index (χ1v) is 10.1. The highest BCUT2D eigenvalue weighted by molar-refractivity contribution is 9.10. The van der Waals surface area contributed by atoms with Gasteiger partial charge < -0.3 is 14.2 Å². The Morgan fingerprint density at radius 3 is 2.39 bits per heavy atom. The second-order valence-corrected chi connectivity index (χ2v) is 7.67. The molecule has 3 heterocycles. The molecular formula is C22H19BrN4O. The molecule has 2 aromatic heterocycles. The highest BCUT2D eigenvalue weighted by Crippen LogP contribution is 2.37. The normalized spacial score (nSPS) is 14.5. The fourth-order valence-corrected chi connectivity index (χ4v) is 3.96. The van der Waals surface area contributed by atoms with E-state index in [9.17, 15) is 0 Å². The van der Waals surface area contributed by atoms with Crippen LogP contribution in [-0.2, 0) is 4.74 Å². The van der Waals surface area contributed by atoms with Crippen molar-refractivity contribution in [3.8, 4) is 16.8 Å². The molecule has 1 saturated heterocycles. The molecule has 0 aliphatic carbocycles. The number of benzene rings is 2. The van der Waals surface area contributed by atoms with Crippen LogP contribution in [0.4, 0.5) is 5.82 Å². The van der Waals surface area contributed by atoms with Crippen LogP contribution in [0.1, 0.15) is 0 Å². The van der Waals surface area contributed by atoms with Crippen LogP contribution in [0.15, 0.2) is 71.6 Å². The van der Waals surface area contributed by atoms with Gasteiger partial charge in [-0.05, 0) is 29.8 Å². The van der Waals surface area contributed by atoms with Gasteiger partial charge in [0, 0.05) is 35.0 Å². The first-order chi connectivity index (χ1) is 13.8. The molecule has 4 aromatic rings. The first-order valence-electron chi connectivity index (χ1n) is 9.31. The summed E-state index contributed by atoms with van der Waals surface area (Å²) in [6, 6.07) is 18.7. The van der Waals surface area contributed by atoms with E-state index in [0.717, 1.165) is 64.4 Å². The van der Waals surface area contributed by atoms with E-state index in [0.29, 0.717) is 0 Å². The van der Waals surface area contributed by atoms with Gasteiger partial charge in [0.05, 0.1) is 18.6 Å². The van der Waals surface area contributed by atoms with E-state index in [1.54, 1.807) is 6.33 Å². The first kappa shape index (κ1) is 17.4. The Labute approximate surface area is 171 Å². The Morgan fingerprint density at radius 1 is 0.893 bits per heavy atom. The summed E-state index contributed by atoms with van der Waals surface area (Å²) in [5.41, 5.74) is 4.29. The molecule has 28 heavy (non-hydrogen) atoms. The second kappa shape index (κ2) is 7.37. The minimum Gasteiger partial charge on any atom is -0.378 e. The van der Waals surface area contributed by atoms with Gasteiger partial charge in [-0.25, -0.2) is 9.97 Å². The molecule has 0 saturated carbocycles. The molecule has 5 rings (SSSR count). The average molecular weight is 435 g/mol. The van der Waals surface area contributed by atoms with E-state index in [-0.39, 0.29) is 0 Å².